The molecule has 2 aromatic rings. The molecule has 2 aromatic heterocycles. The topological polar surface area (TPSA) is 32.6 Å². The minimum atomic E-state index is 0.746. The Hall–Kier alpha value is -1.07. The second kappa shape index (κ2) is 3.96. The molecular weight excluding hydrogens is 244 g/mol. The van der Waals surface area contributed by atoms with Crippen molar-refractivity contribution in [2.24, 2.45) is 5.92 Å². The molecule has 2 atom stereocenters. The molecule has 0 aromatic carbocycles. The number of hydrogen-bond acceptors (Lipinski definition) is 4. The molecule has 4 nitrogen and oxygen atoms in total. The summed E-state index contributed by atoms with van der Waals surface area (Å²) in [6.07, 6.45) is 6.29. The van der Waals surface area contributed by atoms with E-state index in [1.807, 2.05) is 7.05 Å². The van der Waals surface area contributed by atoms with Crippen molar-refractivity contribution in [3.63, 3.8) is 0 Å². The molecule has 2 unspecified atom stereocenters. The van der Waals surface area contributed by atoms with Crippen LogP contribution in [0.1, 0.15) is 25.0 Å². The molecule has 0 spiro atoms. The largest absolute Gasteiger partial charge is 0.352 e. The molecule has 5 heteroatoms. The van der Waals surface area contributed by atoms with Gasteiger partial charge in [-0.2, -0.15) is 0 Å². The molecule has 1 saturated carbocycles. The molecule has 2 aliphatic rings. The van der Waals surface area contributed by atoms with Crippen molar-refractivity contribution in [2.75, 3.05) is 18.5 Å². The van der Waals surface area contributed by atoms with Crippen LogP contribution in [0.5, 0.6) is 0 Å². The number of piperidine rings is 1. The second-order valence-electron chi connectivity index (χ2n) is 5.45. The number of nitrogens with one attached hydrogen (secondary N) is 1. The lowest BCUT2D eigenvalue weighted by Crippen LogP contribution is -2.33. The quantitative estimate of drug-likeness (QED) is 0.919. The van der Waals surface area contributed by atoms with Gasteiger partial charge in [0.05, 0.1) is 5.69 Å². The van der Waals surface area contributed by atoms with E-state index in [2.05, 4.69) is 26.2 Å². The van der Waals surface area contributed by atoms with E-state index in [0.29, 0.717) is 0 Å². The van der Waals surface area contributed by atoms with Gasteiger partial charge in [-0.1, -0.05) is 0 Å². The van der Waals surface area contributed by atoms with E-state index in [4.69, 9.17) is 4.98 Å². The Morgan fingerprint density at radius 2 is 2.44 bits per heavy atom. The first-order chi connectivity index (χ1) is 8.86. The number of thiazole rings is 1. The van der Waals surface area contributed by atoms with Gasteiger partial charge in [0.2, 0.25) is 0 Å². The molecule has 2 bridgehead atoms. The van der Waals surface area contributed by atoms with Gasteiger partial charge in [0.1, 0.15) is 0 Å². The molecule has 96 valence electrons. The molecular formula is C13H18N4S. The number of nitrogens with zero attached hydrogens (tertiary/aromatic N) is 3. The van der Waals surface area contributed by atoms with Crippen LogP contribution in [0.15, 0.2) is 11.6 Å². The molecule has 2 fully saturated rings. The van der Waals surface area contributed by atoms with Crippen molar-refractivity contribution in [3.8, 4) is 0 Å². The lowest BCUT2D eigenvalue weighted by Gasteiger charge is -2.28. The van der Waals surface area contributed by atoms with Crippen molar-refractivity contribution in [2.45, 2.75) is 31.8 Å². The fourth-order valence-corrected chi connectivity index (χ4v) is 4.30. The number of anilines is 1. The minimum absolute atomic E-state index is 0.746. The lowest BCUT2D eigenvalue weighted by atomic mass is 10.1. The highest BCUT2D eigenvalue weighted by atomic mass is 32.1. The van der Waals surface area contributed by atoms with Gasteiger partial charge >= 0.3 is 0 Å². The van der Waals surface area contributed by atoms with Crippen molar-refractivity contribution in [1.29, 1.82) is 0 Å². The zero-order chi connectivity index (χ0) is 12.1. The molecule has 1 aliphatic heterocycles. The Morgan fingerprint density at radius 1 is 1.50 bits per heavy atom. The van der Waals surface area contributed by atoms with E-state index in [-0.39, 0.29) is 0 Å². The van der Waals surface area contributed by atoms with Crippen LogP contribution in [-0.4, -0.2) is 29.0 Å². The standard InChI is InChI=1S/C13H18N4S/c1-14-7-11-12(15-13-16(11)4-5-18-13)17-8-9-2-3-10(17)6-9/h4-5,9-10,14H,2-3,6-8H2,1H3. The summed E-state index contributed by atoms with van der Waals surface area (Å²) < 4.78 is 2.24. The summed E-state index contributed by atoms with van der Waals surface area (Å²) in [5, 5.41) is 5.39. The fourth-order valence-electron chi connectivity index (χ4n) is 3.57. The number of fused-ring (bicyclic) bond motifs is 3. The summed E-state index contributed by atoms with van der Waals surface area (Å²) in [5.41, 5.74) is 1.32. The van der Waals surface area contributed by atoms with Crippen LogP contribution in [0.3, 0.4) is 0 Å². The smallest absolute Gasteiger partial charge is 0.195 e. The molecule has 3 heterocycles. The number of aromatic nitrogens is 2. The van der Waals surface area contributed by atoms with E-state index in [1.54, 1.807) is 11.3 Å². The van der Waals surface area contributed by atoms with Crippen molar-refractivity contribution in [3.05, 3.63) is 17.3 Å². The van der Waals surface area contributed by atoms with E-state index in [1.165, 1.54) is 37.3 Å². The van der Waals surface area contributed by atoms with Crippen LogP contribution >= 0.6 is 11.3 Å². The predicted molar refractivity (Wildman–Crippen MR) is 74.3 cm³/mol. The Morgan fingerprint density at radius 3 is 3.17 bits per heavy atom. The van der Waals surface area contributed by atoms with E-state index < -0.39 is 0 Å². The predicted octanol–water partition coefficient (Wildman–Crippen LogP) is 2.10. The van der Waals surface area contributed by atoms with Crippen molar-refractivity contribution in [1.82, 2.24) is 14.7 Å². The molecule has 1 N–H and O–H groups in total. The number of rotatable bonds is 3. The molecule has 4 rings (SSSR count). The Balaban J connectivity index is 1.79. The van der Waals surface area contributed by atoms with Crippen LogP contribution in [0.25, 0.3) is 4.96 Å². The normalized spacial score (nSPS) is 26.6. The highest BCUT2D eigenvalue weighted by Crippen LogP contribution is 2.41. The van der Waals surface area contributed by atoms with Gasteiger partial charge in [0.25, 0.3) is 0 Å². The van der Waals surface area contributed by atoms with E-state index in [0.717, 1.165) is 23.5 Å². The van der Waals surface area contributed by atoms with Gasteiger partial charge in [-0.25, -0.2) is 4.98 Å². The van der Waals surface area contributed by atoms with Gasteiger partial charge in [0, 0.05) is 30.7 Å². The lowest BCUT2D eigenvalue weighted by molar-refractivity contribution is 0.549. The molecule has 0 amide bonds. The SMILES string of the molecule is CNCc1c(N2CC3CCC2C3)nc2sccn12. The first-order valence-electron chi connectivity index (χ1n) is 6.72. The highest BCUT2D eigenvalue weighted by Gasteiger charge is 2.39. The molecule has 1 saturated heterocycles. The van der Waals surface area contributed by atoms with Crippen LogP contribution in [0.4, 0.5) is 5.82 Å². The monoisotopic (exact) mass is 262 g/mol. The van der Waals surface area contributed by atoms with Crippen LogP contribution < -0.4 is 10.2 Å². The summed E-state index contributed by atoms with van der Waals surface area (Å²) in [7, 11) is 2.01. The third-order valence-corrected chi connectivity index (χ3v) is 5.12. The molecule has 0 radical (unpaired) electrons. The number of imidazole rings is 1. The fraction of sp³-hybridized carbons (Fsp3) is 0.615. The van der Waals surface area contributed by atoms with Gasteiger partial charge in [-0.3, -0.25) is 4.40 Å². The van der Waals surface area contributed by atoms with Crippen LogP contribution in [0.2, 0.25) is 0 Å². The first-order valence-corrected chi connectivity index (χ1v) is 7.60. The minimum Gasteiger partial charge on any atom is -0.352 e. The third-order valence-electron chi connectivity index (χ3n) is 4.37. The zero-order valence-corrected chi connectivity index (χ0v) is 11.4. The summed E-state index contributed by atoms with van der Waals surface area (Å²) in [4.78, 5) is 8.54. The van der Waals surface area contributed by atoms with E-state index >= 15 is 0 Å². The maximum absolute atomic E-state index is 4.86. The average molecular weight is 262 g/mol. The second-order valence-corrected chi connectivity index (χ2v) is 6.33. The van der Waals surface area contributed by atoms with Gasteiger partial charge in [-0.05, 0) is 32.2 Å². The summed E-state index contributed by atoms with van der Waals surface area (Å²) in [6.45, 7) is 2.10. The van der Waals surface area contributed by atoms with Crippen molar-refractivity contribution < 1.29 is 0 Å². The first kappa shape index (κ1) is 10.8. The van der Waals surface area contributed by atoms with Crippen LogP contribution in [-0.2, 0) is 6.54 Å². The maximum atomic E-state index is 4.86. The zero-order valence-electron chi connectivity index (χ0n) is 10.6. The number of hydrogen-bond donors (Lipinski definition) is 1. The molecule has 18 heavy (non-hydrogen) atoms. The summed E-state index contributed by atoms with van der Waals surface area (Å²) >= 11 is 1.72. The summed E-state index contributed by atoms with van der Waals surface area (Å²) in [6, 6.07) is 0.746. The maximum Gasteiger partial charge on any atom is 0.195 e. The van der Waals surface area contributed by atoms with Gasteiger partial charge in [-0.15, -0.1) is 11.3 Å². The average Bonchev–Trinajstić information content (AvgIpc) is 3.08. The summed E-state index contributed by atoms with van der Waals surface area (Å²) in [5.74, 6) is 2.14. The Kier molecular flexibility index (Phi) is 2.38. The van der Waals surface area contributed by atoms with Gasteiger partial charge < -0.3 is 10.2 Å². The highest BCUT2D eigenvalue weighted by molar-refractivity contribution is 7.15. The molecule has 1 aliphatic carbocycles. The Bertz CT molecular complexity index is 573. The third kappa shape index (κ3) is 1.44. The van der Waals surface area contributed by atoms with Crippen molar-refractivity contribution >= 4 is 22.1 Å². The van der Waals surface area contributed by atoms with Gasteiger partial charge in [0.15, 0.2) is 10.8 Å². The van der Waals surface area contributed by atoms with Crippen LogP contribution in [0, 0.1) is 5.92 Å². The van der Waals surface area contributed by atoms with E-state index in [9.17, 15) is 0 Å². The Labute approximate surface area is 111 Å².